The standard InChI is InChI=1S/C18H10F3N3O/c19-18(20,21)14-9-12(13-7-3-4-8-22-13)15-10-5-1-2-6-11(10)17(25)24-16(15)23-14/h1-9H,(H,23,24,25). The molecule has 3 heterocycles. The molecule has 7 heteroatoms. The van der Waals surface area contributed by atoms with E-state index in [9.17, 15) is 18.0 Å². The number of nitrogens with one attached hydrogen (secondary N) is 1. The molecule has 3 aromatic heterocycles. The number of fused-ring (bicyclic) bond motifs is 3. The van der Waals surface area contributed by atoms with E-state index in [0.29, 0.717) is 21.9 Å². The van der Waals surface area contributed by atoms with Crippen LogP contribution in [0.1, 0.15) is 5.69 Å². The Labute approximate surface area is 139 Å². The molecule has 124 valence electrons. The molecule has 1 aromatic carbocycles. The fraction of sp³-hybridized carbons (Fsp3) is 0.0556. The average Bonchev–Trinajstić information content (AvgIpc) is 2.61. The summed E-state index contributed by atoms with van der Waals surface area (Å²) in [6.45, 7) is 0. The summed E-state index contributed by atoms with van der Waals surface area (Å²) in [5.41, 5.74) is -1.03. The highest BCUT2D eigenvalue weighted by molar-refractivity contribution is 6.11. The van der Waals surface area contributed by atoms with Crippen molar-refractivity contribution in [3.63, 3.8) is 0 Å². The van der Waals surface area contributed by atoms with Gasteiger partial charge in [-0.25, -0.2) is 4.98 Å². The van der Waals surface area contributed by atoms with Crippen LogP contribution in [-0.4, -0.2) is 15.0 Å². The van der Waals surface area contributed by atoms with Gasteiger partial charge in [-0.05, 0) is 29.7 Å². The molecule has 1 N–H and O–H groups in total. The van der Waals surface area contributed by atoms with Gasteiger partial charge in [0.15, 0.2) is 0 Å². The molecule has 4 aromatic rings. The second-order valence-electron chi connectivity index (χ2n) is 5.49. The van der Waals surface area contributed by atoms with E-state index in [0.717, 1.165) is 6.07 Å². The number of nitrogens with zero attached hydrogens (tertiary/aromatic N) is 2. The van der Waals surface area contributed by atoms with E-state index in [1.807, 2.05) is 0 Å². The number of pyridine rings is 3. The predicted octanol–water partition coefficient (Wildman–Crippen LogP) is 4.16. The van der Waals surface area contributed by atoms with E-state index < -0.39 is 17.4 Å². The van der Waals surface area contributed by atoms with Crippen molar-refractivity contribution < 1.29 is 13.2 Å². The zero-order valence-electron chi connectivity index (χ0n) is 12.6. The minimum atomic E-state index is -4.64. The largest absolute Gasteiger partial charge is 0.433 e. The van der Waals surface area contributed by atoms with E-state index in [4.69, 9.17) is 0 Å². The second-order valence-corrected chi connectivity index (χ2v) is 5.49. The topological polar surface area (TPSA) is 58.6 Å². The lowest BCUT2D eigenvalue weighted by Crippen LogP contribution is -2.13. The van der Waals surface area contributed by atoms with Crippen LogP contribution >= 0.6 is 0 Å². The Bertz CT molecular complexity index is 1150. The molecule has 0 aliphatic rings. The number of H-pyrrole nitrogens is 1. The summed E-state index contributed by atoms with van der Waals surface area (Å²) in [4.78, 5) is 22.5. The minimum absolute atomic E-state index is 0.112. The molecule has 0 saturated carbocycles. The van der Waals surface area contributed by atoms with Gasteiger partial charge in [0.05, 0.1) is 5.69 Å². The number of aromatic nitrogens is 3. The van der Waals surface area contributed by atoms with Gasteiger partial charge in [0.25, 0.3) is 5.56 Å². The molecule has 4 nitrogen and oxygen atoms in total. The summed E-state index contributed by atoms with van der Waals surface area (Å²) in [7, 11) is 0. The maximum atomic E-state index is 13.3. The Morgan fingerprint density at radius 2 is 1.68 bits per heavy atom. The molecule has 0 atom stereocenters. The summed E-state index contributed by atoms with van der Waals surface area (Å²) in [5, 5.41) is 1.35. The zero-order valence-corrected chi connectivity index (χ0v) is 12.6. The van der Waals surface area contributed by atoms with E-state index in [2.05, 4.69) is 15.0 Å². The Morgan fingerprint density at radius 3 is 2.36 bits per heavy atom. The Kier molecular flexibility index (Phi) is 3.31. The molecular weight excluding hydrogens is 331 g/mol. The fourth-order valence-corrected chi connectivity index (χ4v) is 2.85. The number of hydrogen-bond donors (Lipinski definition) is 1. The lowest BCUT2D eigenvalue weighted by atomic mass is 10.0. The van der Waals surface area contributed by atoms with Crippen LogP contribution in [0.4, 0.5) is 13.2 Å². The first kappa shape index (κ1) is 15.3. The number of halogens is 3. The van der Waals surface area contributed by atoms with Crippen molar-refractivity contribution >= 4 is 21.8 Å². The maximum absolute atomic E-state index is 13.3. The van der Waals surface area contributed by atoms with Gasteiger partial charge in [-0.1, -0.05) is 24.3 Å². The SMILES string of the molecule is O=c1[nH]c2nc(C(F)(F)F)cc(-c3ccccn3)c2c2ccccc12. The van der Waals surface area contributed by atoms with Crippen LogP contribution in [0.3, 0.4) is 0 Å². The minimum Gasteiger partial charge on any atom is -0.306 e. The quantitative estimate of drug-likeness (QED) is 0.529. The lowest BCUT2D eigenvalue weighted by molar-refractivity contribution is -0.140. The van der Waals surface area contributed by atoms with Gasteiger partial charge in [0.1, 0.15) is 11.3 Å². The lowest BCUT2D eigenvalue weighted by Gasteiger charge is -2.13. The maximum Gasteiger partial charge on any atom is 0.433 e. The highest BCUT2D eigenvalue weighted by Crippen LogP contribution is 2.36. The summed E-state index contributed by atoms with van der Waals surface area (Å²) >= 11 is 0. The molecule has 0 radical (unpaired) electrons. The van der Waals surface area contributed by atoms with Crippen molar-refractivity contribution in [1.29, 1.82) is 0 Å². The van der Waals surface area contributed by atoms with Crippen LogP contribution < -0.4 is 5.56 Å². The first-order valence-corrected chi connectivity index (χ1v) is 7.39. The first-order valence-electron chi connectivity index (χ1n) is 7.39. The van der Waals surface area contributed by atoms with Crippen LogP contribution in [0, 0.1) is 0 Å². The highest BCUT2D eigenvalue weighted by Gasteiger charge is 2.34. The normalized spacial score (nSPS) is 12.0. The monoisotopic (exact) mass is 341 g/mol. The zero-order chi connectivity index (χ0) is 17.6. The van der Waals surface area contributed by atoms with Crippen LogP contribution in [-0.2, 0) is 6.18 Å². The molecule has 0 unspecified atom stereocenters. The molecule has 0 aliphatic carbocycles. The summed E-state index contributed by atoms with van der Waals surface area (Å²) in [5.74, 6) is 0. The van der Waals surface area contributed by atoms with Gasteiger partial charge >= 0.3 is 6.18 Å². The molecule has 0 bridgehead atoms. The van der Waals surface area contributed by atoms with Gasteiger partial charge < -0.3 is 4.98 Å². The summed E-state index contributed by atoms with van der Waals surface area (Å²) in [6.07, 6.45) is -3.14. The Balaban J connectivity index is 2.23. The molecule has 25 heavy (non-hydrogen) atoms. The third-order valence-corrected chi connectivity index (χ3v) is 3.92. The molecule has 0 saturated heterocycles. The number of benzene rings is 1. The smallest absolute Gasteiger partial charge is 0.306 e. The molecular formula is C18H10F3N3O. The van der Waals surface area contributed by atoms with Gasteiger partial charge in [-0.3, -0.25) is 9.78 Å². The number of aromatic amines is 1. The predicted molar refractivity (Wildman–Crippen MR) is 88.1 cm³/mol. The molecule has 0 spiro atoms. The molecule has 0 aliphatic heterocycles. The third kappa shape index (κ3) is 2.53. The van der Waals surface area contributed by atoms with E-state index in [1.54, 1.807) is 42.5 Å². The number of hydrogen-bond acceptors (Lipinski definition) is 3. The molecule has 0 amide bonds. The van der Waals surface area contributed by atoms with Crippen molar-refractivity contribution in [3.8, 4) is 11.3 Å². The van der Waals surface area contributed by atoms with Gasteiger partial charge in [0.2, 0.25) is 0 Å². The average molecular weight is 341 g/mol. The van der Waals surface area contributed by atoms with Crippen molar-refractivity contribution in [2.75, 3.05) is 0 Å². The molecule has 4 rings (SSSR count). The van der Waals surface area contributed by atoms with Crippen LogP contribution in [0.2, 0.25) is 0 Å². The van der Waals surface area contributed by atoms with E-state index in [1.165, 1.54) is 6.20 Å². The Morgan fingerprint density at radius 1 is 0.960 bits per heavy atom. The molecule has 0 fully saturated rings. The highest BCUT2D eigenvalue weighted by atomic mass is 19.4. The van der Waals surface area contributed by atoms with Crippen LogP contribution in [0.25, 0.3) is 33.1 Å². The fourth-order valence-electron chi connectivity index (χ4n) is 2.85. The number of alkyl halides is 3. The van der Waals surface area contributed by atoms with Crippen molar-refractivity contribution in [1.82, 2.24) is 15.0 Å². The first-order chi connectivity index (χ1) is 11.9. The van der Waals surface area contributed by atoms with E-state index >= 15 is 0 Å². The second kappa shape index (κ2) is 5.41. The van der Waals surface area contributed by atoms with Crippen molar-refractivity contribution in [3.05, 3.63) is 70.8 Å². The van der Waals surface area contributed by atoms with Crippen LogP contribution in [0.5, 0.6) is 0 Å². The summed E-state index contributed by atoms with van der Waals surface area (Å²) < 4.78 is 39.8. The van der Waals surface area contributed by atoms with Gasteiger partial charge in [-0.15, -0.1) is 0 Å². The Hall–Kier alpha value is -3.22. The third-order valence-electron chi connectivity index (χ3n) is 3.92. The van der Waals surface area contributed by atoms with Crippen LogP contribution in [0.15, 0.2) is 59.5 Å². The van der Waals surface area contributed by atoms with Gasteiger partial charge in [0, 0.05) is 22.5 Å². The van der Waals surface area contributed by atoms with Crippen molar-refractivity contribution in [2.24, 2.45) is 0 Å². The summed E-state index contributed by atoms with van der Waals surface area (Å²) in [6, 6.07) is 12.7. The van der Waals surface area contributed by atoms with E-state index in [-0.39, 0.29) is 11.2 Å². The van der Waals surface area contributed by atoms with Crippen molar-refractivity contribution in [2.45, 2.75) is 6.18 Å². The number of rotatable bonds is 1. The van der Waals surface area contributed by atoms with Gasteiger partial charge in [-0.2, -0.15) is 13.2 Å².